The van der Waals surface area contributed by atoms with E-state index in [0.717, 1.165) is 16.3 Å². The fourth-order valence-electron chi connectivity index (χ4n) is 3.06. The van der Waals surface area contributed by atoms with E-state index in [0.29, 0.717) is 16.9 Å². The molecular formula is C20H16N4O4. The van der Waals surface area contributed by atoms with Crippen LogP contribution in [0.15, 0.2) is 48.7 Å². The minimum atomic E-state index is -0.677. The van der Waals surface area contributed by atoms with Crippen LogP contribution in [0.2, 0.25) is 0 Å². The van der Waals surface area contributed by atoms with Crippen LogP contribution in [0.1, 0.15) is 42.5 Å². The summed E-state index contributed by atoms with van der Waals surface area (Å²) in [4.78, 5) is 42.0. The van der Waals surface area contributed by atoms with Crippen molar-refractivity contribution in [3.05, 3.63) is 76.7 Å². The molecule has 0 unspecified atom stereocenters. The van der Waals surface area contributed by atoms with Crippen LogP contribution in [0.25, 0.3) is 5.82 Å². The summed E-state index contributed by atoms with van der Waals surface area (Å²) >= 11 is 0. The maximum absolute atomic E-state index is 12.3. The highest BCUT2D eigenvalue weighted by Crippen LogP contribution is 2.22. The molecule has 1 aliphatic rings. The number of ether oxygens (including phenoxy) is 1. The quantitative estimate of drug-likeness (QED) is 0.512. The van der Waals surface area contributed by atoms with Crippen LogP contribution in [-0.4, -0.2) is 44.2 Å². The zero-order chi connectivity index (χ0) is 19.8. The molecule has 3 heterocycles. The summed E-state index contributed by atoms with van der Waals surface area (Å²) in [6, 6.07) is 11.6. The third-order valence-electron chi connectivity index (χ3n) is 4.41. The molecule has 0 bridgehead atoms. The Bertz CT molecular complexity index is 1070. The third-order valence-corrected chi connectivity index (χ3v) is 4.41. The first-order chi connectivity index (χ1) is 13.5. The van der Waals surface area contributed by atoms with Gasteiger partial charge in [0, 0.05) is 11.9 Å². The average molecular weight is 376 g/mol. The number of amides is 2. The van der Waals surface area contributed by atoms with Crippen molar-refractivity contribution in [3.63, 3.8) is 0 Å². The molecular weight excluding hydrogens is 360 g/mol. The molecule has 0 atom stereocenters. The van der Waals surface area contributed by atoms with Crippen LogP contribution < -0.4 is 0 Å². The Morgan fingerprint density at radius 1 is 1.04 bits per heavy atom. The van der Waals surface area contributed by atoms with Crippen molar-refractivity contribution in [2.24, 2.45) is 0 Å². The zero-order valence-corrected chi connectivity index (χ0v) is 15.2. The van der Waals surface area contributed by atoms with Crippen molar-refractivity contribution in [3.8, 4) is 5.82 Å². The van der Waals surface area contributed by atoms with Gasteiger partial charge in [-0.05, 0) is 44.2 Å². The Morgan fingerprint density at radius 3 is 2.25 bits per heavy atom. The number of nitrogens with zero attached hydrogens (tertiary/aromatic N) is 4. The molecule has 3 aromatic rings. The molecule has 28 heavy (non-hydrogen) atoms. The van der Waals surface area contributed by atoms with E-state index < -0.39 is 24.5 Å². The second kappa shape index (κ2) is 6.73. The van der Waals surface area contributed by atoms with Crippen molar-refractivity contribution >= 4 is 17.8 Å². The zero-order valence-electron chi connectivity index (χ0n) is 15.2. The normalized spacial score (nSPS) is 13.0. The Balaban J connectivity index is 1.44. The molecule has 0 spiro atoms. The minimum absolute atomic E-state index is 0.210. The van der Waals surface area contributed by atoms with Gasteiger partial charge in [-0.3, -0.25) is 9.59 Å². The molecule has 8 heteroatoms. The molecule has 0 fully saturated rings. The Kier molecular flexibility index (Phi) is 4.23. The molecule has 0 saturated heterocycles. The number of rotatable bonds is 4. The summed E-state index contributed by atoms with van der Waals surface area (Å²) in [5, 5.41) is 4.34. The Morgan fingerprint density at radius 2 is 1.71 bits per heavy atom. The number of benzene rings is 1. The van der Waals surface area contributed by atoms with Crippen molar-refractivity contribution in [2.75, 3.05) is 6.73 Å². The molecule has 4 rings (SSSR count). The highest BCUT2D eigenvalue weighted by atomic mass is 16.5. The van der Waals surface area contributed by atoms with Gasteiger partial charge in [0.25, 0.3) is 11.8 Å². The van der Waals surface area contributed by atoms with E-state index in [2.05, 4.69) is 10.1 Å². The van der Waals surface area contributed by atoms with Gasteiger partial charge >= 0.3 is 5.97 Å². The number of aryl methyl sites for hydroxylation is 2. The van der Waals surface area contributed by atoms with Crippen molar-refractivity contribution in [2.45, 2.75) is 13.8 Å². The SMILES string of the molecule is Cc1cc(C)n(-c2ccc(C(=O)OCN3C(=O)c4ccccc4C3=O)cn2)n1. The molecule has 0 N–H and O–H groups in total. The number of imide groups is 1. The Hall–Kier alpha value is -3.81. The fourth-order valence-corrected chi connectivity index (χ4v) is 3.06. The Labute approximate surface area is 160 Å². The molecule has 0 aliphatic carbocycles. The smallest absolute Gasteiger partial charge is 0.341 e. The van der Waals surface area contributed by atoms with Gasteiger partial charge in [0.1, 0.15) is 0 Å². The number of hydrogen-bond acceptors (Lipinski definition) is 6. The number of hydrogen-bond donors (Lipinski definition) is 0. The van der Waals surface area contributed by atoms with Gasteiger partial charge in [-0.2, -0.15) is 5.10 Å². The van der Waals surface area contributed by atoms with Gasteiger partial charge < -0.3 is 4.74 Å². The van der Waals surface area contributed by atoms with Gasteiger partial charge in [0.2, 0.25) is 0 Å². The summed E-state index contributed by atoms with van der Waals surface area (Å²) in [6.07, 6.45) is 1.37. The minimum Gasteiger partial charge on any atom is -0.440 e. The summed E-state index contributed by atoms with van der Waals surface area (Å²) in [5.41, 5.74) is 2.61. The number of aromatic nitrogens is 3. The number of fused-ring (bicyclic) bond motifs is 1. The summed E-state index contributed by atoms with van der Waals surface area (Å²) in [5.74, 6) is -1.07. The first kappa shape index (κ1) is 17.6. The average Bonchev–Trinajstić information content (AvgIpc) is 3.16. The second-order valence-corrected chi connectivity index (χ2v) is 6.39. The van der Waals surface area contributed by atoms with Crippen LogP contribution in [0.3, 0.4) is 0 Å². The van der Waals surface area contributed by atoms with Crippen LogP contribution in [0.5, 0.6) is 0 Å². The van der Waals surface area contributed by atoms with Crippen LogP contribution >= 0.6 is 0 Å². The van der Waals surface area contributed by atoms with E-state index in [9.17, 15) is 14.4 Å². The lowest BCUT2D eigenvalue weighted by molar-refractivity contribution is 0.0228. The van der Waals surface area contributed by atoms with E-state index in [1.54, 1.807) is 41.1 Å². The van der Waals surface area contributed by atoms with Crippen LogP contribution in [0.4, 0.5) is 0 Å². The standard InChI is InChI=1S/C20H16N4O4/c1-12-9-13(2)24(22-12)17-8-7-14(10-21-17)20(27)28-11-23-18(25)15-5-3-4-6-16(15)19(23)26/h3-10H,11H2,1-2H3. The van der Waals surface area contributed by atoms with Crippen molar-refractivity contribution in [1.82, 2.24) is 19.7 Å². The summed E-state index contributed by atoms with van der Waals surface area (Å²) in [7, 11) is 0. The third kappa shape index (κ3) is 2.94. The van der Waals surface area contributed by atoms with Gasteiger partial charge in [-0.25, -0.2) is 19.4 Å². The maximum atomic E-state index is 12.3. The first-order valence-electron chi connectivity index (χ1n) is 8.58. The lowest BCUT2D eigenvalue weighted by atomic mass is 10.1. The highest BCUT2D eigenvalue weighted by Gasteiger charge is 2.35. The molecule has 1 aliphatic heterocycles. The molecule has 0 radical (unpaired) electrons. The largest absolute Gasteiger partial charge is 0.440 e. The molecule has 0 saturated carbocycles. The fraction of sp³-hybridized carbons (Fsp3) is 0.150. The van der Waals surface area contributed by atoms with E-state index in [4.69, 9.17) is 4.74 Å². The lowest BCUT2D eigenvalue weighted by Gasteiger charge is -2.14. The molecule has 8 nitrogen and oxygen atoms in total. The number of carbonyl (C=O) groups excluding carboxylic acids is 3. The molecule has 140 valence electrons. The summed E-state index contributed by atoms with van der Waals surface area (Å²) in [6.45, 7) is 3.34. The van der Waals surface area contributed by atoms with Crippen molar-refractivity contribution in [1.29, 1.82) is 0 Å². The van der Waals surface area contributed by atoms with Gasteiger partial charge in [0.05, 0.1) is 22.4 Å². The molecule has 2 amide bonds. The lowest BCUT2D eigenvalue weighted by Crippen LogP contribution is -2.33. The second-order valence-electron chi connectivity index (χ2n) is 6.39. The number of pyridine rings is 1. The van der Waals surface area contributed by atoms with Gasteiger partial charge in [0.15, 0.2) is 12.5 Å². The van der Waals surface area contributed by atoms with E-state index >= 15 is 0 Å². The van der Waals surface area contributed by atoms with E-state index in [-0.39, 0.29) is 5.56 Å². The predicted molar refractivity (Wildman–Crippen MR) is 98.1 cm³/mol. The molecule has 2 aromatic heterocycles. The number of carbonyl (C=O) groups is 3. The van der Waals surface area contributed by atoms with E-state index in [1.807, 2.05) is 19.9 Å². The number of esters is 1. The maximum Gasteiger partial charge on any atom is 0.341 e. The van der Waals surface area contributed by atoms with Gasteiger partial charge in [-0.1, -0.05) is 12.1 Å². The summed E-state index contributed by atoms with van der Waals surface area (Å²) < 4.78 is 6.81. The predicted octanol–water partition coefficient (Wildman–Crippen LogP) is 2.29. The van der Waals surface area contributed by atoms with Crippen molar-refractivity contribution < 1.29 is 19.1 Å². The topological polar surface area (TPSA) is 94.4 Å². The van der Waals surface area contributed by atoms with Gasteiger partial charge in [-0.15, -0.1) is 0 Å². The highest BCUT2D eigenvalue weighted by molar-refractivity contribution is 6.21. The molecule has 1 aromatic carbocycles. The first-order valence-corrected chi connectivity index (χ1v) is 8.58. The van der Waals surface area contributed by atoms with Crippen LogP contribution in [-0.2, 0) is 4.74 Å². The monoisotopic (exact) mass is 376 g/mol. The van der Waals surface area contributed by atoms with E-state index in [1.165, 1.54) is 6.20 Å². The van der Waals surface area contributed by atoms with Crippen LogP contribution in [0, 0.1) is 13.8 Å².